The number of rotatable bonds is 6. The largest absolute Gasteiger partial charge is 0.480 e. The van der Waals surface area contributed by atoms with E-state index in [9.17, 15) is 9.59 Å². The van der Waals surface area contributed by atoms with E-state index in [0.29, 0.717) is 0 Å². The van der Waals surface area contributed by atoms with Crippen molar-refractivity contribution in [2.75, 3.05) is 13.1 Å². The number of amides is 1. The van der Waals surface area contributed by atoms with Gasteiger partial charge in [0.2, 0.25) is 5.91 Å². The minimum atomic E-state index is -0.999. The Bertz CT molecular complexity index is 248. The van der Waals surface area contributed by atoms with Crippen LogP contribution in [-0.4, -0.2) is 35.0 Å². The second-order valence-electron chi connectivity index (χ2n) is 3.93. The fraction of sp³-hybridized carbons (Fsp3) is 0.636. The first kappa shape index (κ1) is 13.7. The monoisotopic (exact) mass is 213 g/mol. The molecular formula is C11H19NO3. The number of carbonyl (C=O) groups is 2. The van der Waals surface area contributed by atoms with Gasteiger partial charge in [-0.1, -0.05) is 26.8 Å². The van der Waals surface area contributed by atoms with Crippen LogP contribution < -0.4 is 0 Å². The van der Waals surface area contributed by atoms with Gasteiger partial charge in [0.25, 0.3) is 0 Å². The van der Waals surface area contributed by atoms with E-state index in [1.54, 1.807) is 0 Å². The molecule has 86 valence electrons. The Morgan fingerprint density at radius 1 is 1.40 bits per heavy atom. The SMILES string of the molecule is C=CCN(CC(=O)O)C(=O)[C@@H](C)C(C)C. The molecule has 1 atom stereocenters. The highest BCUT2D eigenvalue weighted by Gasteiger charge is 2.23. The van der Waals surface area contributed by atoms with Gasteiger partial charge in [-0.2, -0.15) is 0 Å². The van der Waals surface area contributed by atoms with E-state index in [4.69, 9.17) is 5.11 Å². The summed E-state index contributed by atoms with van der Waals surface area (Å²) in [6.07, 6.45) is 1.54. The molecular weight excluding hydrogens is 194 g/mol. The molecule has 15 heavy (non-hydrogen) atoms. The summed E-state index contributed by atoms with van der Waals surface area (Å²) in [5.74, 6) is -1.09. The van der Waals surface area contributed by atoms with Gasteiger partial charge in [0.15, 0.2) is 0 Å². The first-order chi connectivity index (χ1) is 6.90. The number of carboxylic acid groups (broad SMARTS) is 1. The molecule has 0 aromatic rings. The zero-order valence-corrected chi connectivity index (χ0v) is 9.56. The maximum absolute atomic E-state index is 11.8. The van der Waals surface area contributed by atoms with E-state index < -0.39 is 5.97 Å². The van der Waals surface area contributed by atoms with Crippen molar-refractivity contribution in [1.29, 1.82) is 0 Å². The molecule has 0 spiro atoms. The Hall–Kier alpha value is -1.32. The van der Waals surface area contributed by atoms with Gasteiger partial charge in [-0.05, 0) is 5.92 Å². The molecule has 0 aliphatic rings. The van der Waals surface area contributed by atoms with Crippen molar-refractivity contribution in [3.8, 4) is 0 Å². The molecule has 1 N–H and O–H groups in total. The minimum Gasteiger partial charge on any atom is -0.480 e. The standard InChI is InChI=1S/C11H19NO3/c1-5-6-12(7-10(13)14)11(15)9(4)8(2)3/h5,8-9H,1,6-7H2,2-4H3,(H,13,14)/t9-/m0/s1. The van der Waals surface area contributed by atoms with Crippen molar-refractivity contribution in [3.05, 3.63) is 12.7 Å². The normalized spacial score (nSPS) is 12.3. The van der Waals surface area contributed by atoms with Crippen LogP contribution in [0.1, 0.15) is 20.8 Å². The van der Waals surface area contributed by atoms with Gasteiger partial charge in [-0.15, -0.1) is 6.58 Å². The second kappa shape index (κ2) is 6.22. The van der Waals surface area contributed by atoms with E-state index >= 15 is 0 Å². The van der Waals surface area contributed by atoms with Gasteiger partial charge in [-0.25, -0.2) is 0 Å². The van der Waals surface area contributed by atoms with Crippen LogP contribution in [0.2, 0.25) is 0 Å². The number of carboxylic acids is 1. The van der Waals surface area contributed by atoms with Crippen molar-refractivity contribution in [1.82, 2.24) is 4.90 Å². The van der Waals surface area contributed by atoms with Crippen LogP contribution in [0.25, 0.3) is 0 Å². The molecule has 0 fully saturated rings. The van der Waals surface area contributed by atoms with Crippen LogP contribution in [0, 0.1) is 11.8 Å². The van der Waals surface area contributed by atoms with E-state index in [1.807, 2.05) is 20.8 Å². The molecule has 0 heterocycles. The predicted octanol–water partition coefficient (Wildman–Crippen LogP) is 1.38. The molecule has 0 aromatic carbocycles. The molecule has 4 nitrogen and oxygen atoms in total. The van der Waals surface area contributed by atoms with Crippen molar-refractivity contribution in [2.45, 2.75) is 20.8 Å². The highest BCUT2D eigenvalue weighted by Crippen LogP contribution is 2.13. The minimum absolute atomic E-state index is 0.132. The summed E-state index contributed by atoms with van der Waals surface area (Å²) in [4.78, 5) is 23.7. The highest BCUT2D eigenvalue weighted by atomic mass is 16.4. The summed E-state index contributed by atoms with van der Waals surface area (Å²) < 4.78 is 0. The molecule has 4 heteroatoms. The summed E-state index contributed by atoms with van der Waals surface area (Å²) in [7, 11) is 0. The molecule has 0 saturated heterocycles. The molecule has 0 rings (SSSR count). The lowest BCUT2D eigenvalue weighted by molar-refractivity contribution is -0.146. The number of hydrogen-bond acceptors (Lipinski definition) is 2. The number of nitrogens with zero attached hydrogens (tertiary/aromatic N) is 1. The summed E-state index contributed by atoms with van der Waals surface area (Å²) >= 11 is 0. The topological polar surface area (TPSA) is 57.6 Å². The molecule has 0 aromatic heterocycles. The van der Waals surface area contributed by atoms with Gasteiger partial charge >= 0.3 is 5.97 Å². The van der Waals surface area contributed by atoms with Crippen molar-refractivity contribution < 1.29 is 14.7 Å². The lowest BCUT2D eigenvalue weighted by Crippen LogP contribution is -2.40. The fourth-order valence-electron chi connectivity index (χ4n) is 1.12. The Kier molecular flexibility index (Phi) is 5.67. The van der Waals surface area contributed by atoms with Gasteiger partial charge < -0.3 is 10.0 Å². The molecule has 1 amide bonds. The van der Waals surface area contributed by atoms with E-state index in [0.717, 1.165) is 0 Å². The lowest BCUT2D eigenvalue weighted by atomic mass is 9.96. The Labute approximate surface area is 90.6 Å². The molecule has 0 saturated carbocycles. The van der Waals surface area contributed by atoms with Crippen LogP contribution in [-0.2, 0) is 9.59 Å². The zero-order chi connectivity index (χ0) is 12.0. The third-order valence-electron chi connectivity index (χ3n) is 2.38. The van der Waals surface area contributed by atoms with E-state index in [1.165, 1.54) is 11.0 Å². The molecule has 0 aliphatic carbocycles. The van der Waals surface area contributed by atoms with Crippen LogP contribution >= 0.6 is 0 Å². The Morgan fingerprint density at radius 3 is 2.27 bits per heavy atom. The van der Waals surface area contributed by atoms with Crippen LogP contribution in [0.4, 0.5) is 0 Å². The first-order valence-electron chi connectivity index (χ1n) is 5.01. The van der Waals surface area contributed by atoms with E-state index in [-0.39, 0.29) is 30.8 Å². The molecule has 0 radical (unpaired) electrons. The summed E-state index contributed by atoms with van der Waals surface area (Å²) in [5, 5.41) is 8.65. The van der Waals surface area contributed by atoms with Crippen LogP contribution in [0.5, 0.6) is 0 Å². The van der Waals surface area contributed by atoms with Crippen molar-refractivity contribution in [2.24, 2.45) is 11.8 Å². The molecule has 0 bridgehead atoms. The smallest absolute Gasteiger partial charge is 0.323 e. The number of hydrogen-bond donors (Lipinski definition) is 1. The Morgan fingerprint density at radius 2 is 1.93 bits per heavy atom. The summed E-state index contributed by atoms with van der Waals surface area (Å²) in [5.41, 5.74) is 0. The molecule has 0 aliphatic heterocycles. The highest BCUT2D eigenvalue weighted by molar-refractivity contribution is 5.83. The van der Waals surface area contributed by atoms with E-state index in [2.05, 4.69) is 6.58 Å². The van der Waals surface area contributed by atoms with Crippen LogP contribution in [0.15, 0.2) is 12.7 Å². The third kappa shape index (κ3) is 4.63. The van der Waals surface area contributed by atoms with Gasteiger partial charge in [0.05, 0.1) is 0 Å². The van der Waals surface area contributed by atoms with Gasteiger partial charge in [0, 0.05) is 12.5 Å². The fourth-order valence-corrected chi connectivity index (χ4v) is 1.12. The second-order valence-corrected chi connectivity index (χ2v) is 3.93. The maximum atomic E-state index is 11.8. The quantitative estimate of drug-likeness (QED) is 0.678. The molecule has 0 unspecified atom stereocenters. The van der Waals surface area contributed by atoms with Gasteiger partial charge in [0.1, 0.15) is 6.54 Å². The van der Waals surface area contributed by atoms with Crippen molar-refractivity contribution >= 4 is 11.9 Å². The van der Waals surface area contributed by atoms with Gasteiger partial charge in [-0.3, -0.25) is 9.59 Å². The third-order valence-corrected chi connectivity index (χ3v) is 2.38. The zero-order valence-electron chi connectivity index (χ0n) is 9.56. The summed E-state index contributed by atoms with van der Waals surface area (Å²) in [6.45, 7) is 9.22. The predicted molar refractivity (Wildman–Crippen MR) is 58.4 cm³/mol. The van der Waals surface area contributed by atoms with Crippen molar-refractivity contribution in [3.63, 3.8) is 0 Å². The van der Waals surface area contributed by atoms with Crippen LogP contribution in [0.3, 0.4) is 0 Å². The average Bonchev–Trinajstić information content (AvgIpc) is 2.14. The maximum Gasteiger partial charge on any atom is 0.323 e. The average molecular weight is 213 g/mol. The Balaban J connectivity index is 4.53. The first-order valence-corrected chi connectivity index (χ1v) is 5.01. The number of carbonyl (C=O) groups excluding carboxylic acids is 1. The lowest BCUT2D eigenvalue weighted by Gasteiger charge is -2.24. The number of aliphatic carboxylic acids is 1. The summed E-state index contributed by atoms with van der Waals surface area (Å²) in [6, 6.07) is 0.